The molecule has 3 aromatic carbocycles. The normalized spacial score (nSPS) is 11.5. The van der Waals surface area contributed by atoms with Crippen LogP contribution in [0.3, 0.4) is 0 Å². The smallest absolute Gasteiger partial charge is 0.261 e. The van der Waals surface area contributed by atoms with Crippen LogP contribution >= 0.6 is 11.6 Å². The van der Waals surface area contributed by atoms with Gasteiger partial charge in [0.2, 0.25) is 5.91 Å². The number of halogens is 2. The molecule has 33 heavy (non-hydrogen) atoms. The second-order valence-electron chi connectivity index (χ2n) is 7.49. The van der Waals surface area contributed by atoms with Crippen LogP contribution in [0, 0.1) is 5.82 Å². The number of amides is 2. The summed E-state index contributed by atoms with van der Waals surface area (Å²) in [5, 5.41) is 3.39. The predicted molar refractivity (Wildman–Crippen MR) is 127 cm³/mol. The molecule has 3 aromatic rings. The van der Waals surface area contributed by atoms with Crippen LogP contribution in [0.5, 0.6) is 5.75 Å². The van der Waals surface area contributed by atoms with E-state index in [1.165, 1.54) is 17.0 Å². The molecule has 0 saturated carbocycles. The molecule has 0 heterocycles. The molecule has 0 radical (unpaired) electrons. The number of carbonyl (C=O) groups is 2. The SMILES string of the molecule is CCNC(=O)[C@@H](Cc1ccccc1)N(Cc1ccc(F)cc1)C(=O)COc1ccc(Cl)cc1. The van der Waals surface area contributed by atoms with Crippen molar-refractivity contribution in [3.05, 3.63) is 101 Å². The standard InChI is InChI=1S/C26H26ClFN2O3/c1-2-29-26(32)24(16-19-6-4-3-5-7-19)30(17-20-8-12-22(28)13-9-20)25(31)18-33-23-14-10-21(27)11-15-23/h3-15,24H,2,16-18H2,1H3,(H,29,32)/t24-/m1/s1. The molecule has 172 valence electrons. The van der Waals surface area contributed by atoms with Gasteiger partial charge in [0.15, 0.2) is 6.61 Å². The van der Waals surface area contributed by atoms with Gasteiger partial charge < -0.3 is 15.0 Å². The Bertz CT molecular complexity index is 1040. The topological polar surface area (TPSA) is 58.6 Å². The Kier molecular flexibility index (Phi) is 8.84. The maximum atomic E-state index is 13.4. The van der Waals surface area contributed by atoms with Crippen molar-refractivity contribution in [3.8, 4) is 5.75 Å². The fraction of sp³-hybridized carbons (Fsp3) is 0.231. The van der Waals surface area contributed by atoms with E-state index in [1.54, 1.807) is 36.4 Å². The van der Waals surface area contributed by atoms with Gasteiger partial charge in [-0.05, 0) is 54.4 Å². The van der Waals surface area contributed by atoms with Gasteiger partial charge in [0.1, 0.15) is 17.6 Å². The van der Waals surface area contributed by atoms with Gasteiger partial charge in [-0.2, -0.15) is 0 Å². The molecule has 0 bridgehead atoms. The first-order chi connectivity index (χ1) is 16.0. The highest BCUT2D eigenvalue weighted by atomic mass is 35.5. The maximum Gasteiger partial charge on any atom is 0.261 e. The number of hydrogen-bond acceptors (Lipinski definition) is 3. The van der Waals surface area contributed by atoms with Gasteiger partial charge in [-0.3, -0.25) is 9.59 Å². The Morgan fingerprint density at radius 1 is 0.970 bits per heavy atom. The van der Waals surface area contributed by atoms with Crippen molar-refractivity contribution in [1.29, 1.82) is 0 Å². The van der Waals surface area contributed by atoms with Gasteiger partial charge >= 0.3 is 0 Å². The summed E-state index contributed by atoms with van der Waals surface area (Å²) in [6.07, 6.45) is 0.334. The fourth-order valence-electron chi connectivity index (χ4n) is 3.39. The number of ether oxygens (including phenoxy) is 1. The highest BCUT2D eigenvalue weighted by molar-refractivity contribution is 6.30. The van der Waals surface area contributed by atoms with Crippen molar-refractivity contribution < 1.29 is 18.7 Å². The van der Waals surface area contributed by atoms with Gasteiger partial charge in [-0.25, -0.2) is 4.39 Å². The molecule has 0 fully saturated rings. The number of rotatable bonds is 10. The minimum Gasteiger partial charge on any atom is -0.484 e. The molecule has 3 rings (SSSR count). The van der Waals surface area contributed by atoms with E-state index in [-0.39, 0.29) is 30.8 Å². The summed E-state index contributed by atoms with van der Waals surface area (Å²) in [4.78, 5) is 27.8. The monoisotopic (exact) mass is 468 g/mol. The highest BCUT2D eigenvalue weighted by Crippen LogP contribution is 2.18. The molecular formula is C26H26ClFN2O3. The van der Waals surface area contributed by atoms with E-state index >= 15 is 0 Å². The van der Waals surface area contributed by atoms with Gasteiger partial charge in [0, 0.05) is 24.5 Å². The summed E-state index contributed by atoms with van der Waals surface area (Å²) in [6, 6.07) is 21.3. The lowest BCUT2D eigenvalue weighted by molar-refractivity contribution is -0.142. The predicted octanol–water partition coefficient (Wildman–Crippen LogP) is 4.63. The third kappa shape index (κ3) is 7.32. The lowest BCUT2D eigenvalue weighted by Gasteiger charge is -2.31. The molecule has 0 aliphatic rings. The van der Waals surface area contributed by atoms with Crippen LogP contribution in [0.1, 0.15) is 18.1 Å². The summed E-state index contributed by atoms with van der Waals surface area (Å²) in [6.45, 7) is 2.14. The van der Waals surface area contributed by atoms with Gasteiger partial charge in [0.05, 0.1) is 0 Å². The van der Waals surface area contributed by atoms with E-state index in [4.69, 9.17) is 16.3 Å². The van der Waals surface area contributed by atoms with Crippen molar-refractivity contribution in [1.82, 2.24) is 10.2 Å². The summed E-state index contributed by atoms with van der Waals surface area (Å²) in [5.74, 6) is -0.496. The van der Waals surface area contributed by atoms with Crippen molar-refractivity contribution in [3.63, 3.8) is 0 Å². The van der Waals surface area contributed by atoms with E-state index in [0.29, 0.717) is 29.3 Å². The largest absolute Gasteiger partial charge is 0.484 e. The van der Waals surface area contributed by atoms with Crippen molar-refractivity contribution in [2.24, 2.45) is 0 Å². The van der Waals surface area contributed by atoms with E-state index < -0.39 is 6.04 Å². The van der Waals surface area contributed by atoms with E-state index in [0.717, 1.165) is 5.56 Å². The average molecular weight is 469 g/mol. The number of carbonyl (C=O) groups excluding carboxylic acids is 2. The summed E-state index contributed by atoms with van der Waals surface area (Å²) < 4.78 is 19.1. The quantitative estimate of drug-likeness (QED) is 0.472. The zero-order valence-corrected chi connectivity index (χ0v) is 19.1. The van der Waals surface area contributed by atoms with Crippen molar-refractivity contribution >= 4 is 23.4 Å². The maximum absolute atomic E-state index is 13.4. The second kappa shape index (κ2) is 12.0. The number of nitrogens with zero attached hydrogens (tertiary/aromatic N) is 1. The lowest BCUT2D eigenvalue weighted by Crippen LogP contribution is -2.51. The number of benzene rings is 3. The molecule has 0 saturated heterocycles. The zero-order chi connectivity index (χ0) is 23.6. The van der Waals surface area contributed by atoms with E-state index in [1.807, 2.05) is 37.3 Å². The van der Waals surface area contributed by atoms with Crippen LogP contribution in [0.2, 0.25) is 5.02 Å². The first-order valence-electron chi connectivity index (χ1n) is 10.7. The minimum absolute atomic E-state index is 0.137. The molecule has 0 aliphatic heterocycles. The first-order valence-corrected chi connectivity index (χ1v) is 11.1. The Labute approximate surface area is 198 Å². The third-order valence-corrected chi connectivity index (χ3v) is 5.32. The highest BCUT2D eigenvalue weighted by Gasteiger charge is 2.30. The molecular weight excluding hydrogens is 443 g/mol. The lowest BCUT2D eigenvalue weighted by atomic mass is 10.0. The van der Waals surface area contributed by atoms with E-state index in [2.05, 4.69) is 5.32 Å². The molecule has 1 N–H and O–H groups in total. The van der Waals surface area contributed by atoms with Gasteiger partial charge in [0.25, 0.3) is 5.91 Å². The first kappa shape index (κ1) is 24.3. The third-order valence-electron chi connectivity index (χ3n) is 5.06. The van der Waals surface area contributed by atoms with Crippen LogP contribution in [-0.2, 0) is 22.6 Å². The average Bonchev–Trinajstić information content (AvgIpc) is 2.82. The van der Waals surface area contributed by atoms with Gasteiger partial charge in [-0.15, -0.1) is 0 Å². The molecule has 5 nitrogen and oxygen atoms in total. The number of hydrogen-bond donors (Lipinski definition) is 1. The fourth-order valence-corrected chi connectivity index (χ4v) is 3.52. The summed E-state index contributed by atoms with van der Waals surface area (Å²) >= 11 is 5.91. The summed E-state index contributed by atoms with van der Waals surface area (Å²) in [5.41, 5.74) is 1.63. The van der Waals surface area contributed by atoms with Crippen LogP contribution in [-0.4, -0.2) is 35.9 Å². The van der Waals surface area contributed by atoms with Gasteiger partial charge in [-0.1, -0.05) is 54.1 Å². The van der Waals surface area contributed by atoms with Crippen molar-refractivity contribution in [2.45, 2.75) is 25.9 Å². The second-order valence-corrected chi connectivity index (χ2v) is 7.93. The Balaban J connectivity index is 1.87. The Morgan fingerprint density at radius 3 is 2.27 bits per heavy atom. The molecule has 7 heteroatoms. The van der Waals surface area contributed by atoms with Crippen LogP contribution in [0.15, 0.2) is 78.9 Å². The van der Waals surface area contributed by atoms with Crippen molar-refractivity contribution in [2.75, 3.05) is 13.2 Å². The minimum atomic E-state index is -0.765. The number of nitrogens with one attached hydrogen (secondary N) is 1. The molecule has 2 amide bonds. The number of likely N-dealkylation sites (N-methyl/N-ethyl adjacent to an activating group) is 1. The molecule has 0 aliphatic carbocycles. The summed E-state index contributed by atoms with van der Waals surface area (Å²) in [7, 11) is 0. The zero-order valence-electron chi connectivity index (χ0n) is 18.3. The van der Waals surface area contributed by atoms with Crippen LogP contribution in [0.4, 0.5) is 4.39 Å². The molecule has 0 spiro atoms. The van der Waals surface area contributed by atoms with Crippen LogP contribution < -0.4 is 10.1 Å². The molecule has 1 atom stereocenters. The Hall–Kier alpha value is -3.38. The Morgan fingerprint density at radius 2 is 1.64 bits per heavy atom. The van der Waals surface area contributed by atoms with E-state index in [9.17, 15) is 14.0 Å². The molecule has 0 unspecified atom stereocenters. The van der Waals surface area contributed by atoms with Crippen LogP contribution in [0.25, 0.3) is 0 Å². The molecule has 0 aromatic heterocycles.